The minimum Gasteiger partial charge on any atom is -0.496 e. The monoisotopic (exact) mass is 373 g/mol. The fourth-order valence-corrected chi connectivity index (χ4v) is 3.53. The van der Waals surface area contributed by atoms with Crippen LogP contribution in [0.2, 0.25) is 0 Å². The summed E-state index contributed by atoms with van der Waals surface area (Å²) in [7, 11) is 1.56. The zero-order valence-corrected chi connectivity index (χ0v) is 15.0. The maximum Gasteiger partial charge on any atom is 0.286 e. The number of ether oxygens (including phenoxy) is 2. The summed E-state index contributed by atoms with van der Waals surface area (Å²) in [5.74, 6) is 0.975. The lowest BCUT2D eigenvalue weighted by Crippen LogP contribution is -2.25. The Morgan fingerprint density at radius 3 is 2.54 bits per heavy atom. The molecule has 0 aromatic heterocycles. The van der Waals surface area contributed by atoms with E-state index in [1.54, 1.807) is 31.4 Å². The first-order valence-electron chi connectivity index (χ1n) is 8.11. The van der Waals surface area contributed by atoms with Crippen molar-refractivity contribution in [3.63, 3.8) is 0 Å². The van der Waals surface area contributed by atoms with Gasteiger partial charge < -0.3 is 14.6 Å². The van der Waals surface area contributed by atoms with Gasteiger partial charge in [0.25, 0.3) is 5.24 Å². The van der Waals surface area contributed by atoms with E-state index >= 15 is 0 Å². The summed E-state index contributed by atoms with van der Waals surface area (Å²) in [4.78, 5) is 22.8. The van der Waals surface area contributed by atoms with Gasteiger partial charge in [-0.1, -0.05) is 42.1 Å². The van der Waals surface area contributed by atoms with Crippen molar-refractivity contribution in [3.8, 4) is 11.5 Å². The first-order valence-corrected chi connectivity index (χ1v) is 8.99. The number of benzene rings is 2. The molecule has 2 aromatic rings. The molecule has 0 aliphatic carbocycles. The summed E-state index contributed by atoms with van der Waals surface area (Å²) in [5, 5.41) is 11.9. The van der Waals surface area contributed by atoms with Crippen LogP contribution >= 0.6 is 11.8 Å². The van der Waals surface area contributed by atoms with Crippen LogP contribution in [0.1, 0.15) is 17.2 Å². The highest BCUT2D eigenvalue weighted by atomic mass is 32.2. The van der Waals surface area contributed by atoms with Crippen molar-refractivity contribution < 1.29 is 24.2 Å². The molecule has 6 nitrogen and oxygen atoms in total. The number of thioether (sulfide) groups is 1. The summed E-state index contributed by atoms with van der Waals surface area (Å²) < 4.78 is 10.9. The van der Waals surface area contributed by atoms with Crippen molar-refractivity contribution in [2.24, 2.45) is 0 Å². The van der Waals surface area contributed by atoms with Gasteiger partial charge in [0, 0.05) is 5.56 Å². The number of methoxy groups -OCH3 is 1. The lowest BCUT2D eigenvalue weighted by molar-refractivity contribution is -0.118. The van der Waals surface area contributed by atoms with Gasteiger partial charge in [-0.25, -0.2) is 0 Å². The molecule has 2 N–H and O–H groups in total. The van der Waals surface area contributed by atoms with Gasteiger partial charge in [-0.2, -0.15) is 0 Å². The van der Waals surface area contributed by atoms with E-state index in [2.05, 4.69) is 5.32 Å². The van der Waals surface area contributed by atoms with Crippen LogP contribution in [0, 0.1) is 0 Å². The maximum atomic E-state index is 11.6. The number of nitrogens with one attached hydrogen (secondary N) is 1. The number of hydrogen-bond donors (Lipinski definition) is 2. The predicted octanol–water partition coefficient (Wildman–Crippen LogP) is 2.70. The van der Waals surface area contributed by atoms with Crippen molar-refractivity contribution in [2.75, 3.05) is 13.7 Å². The Labute approximate surface area is 155 Å². The zero-order valence-electron chi connectivity index (χ0n) is 14.2. The smallest absolute Gasteiger partial charge is 0.286 e. The summed E-state index contributed by atoms with van der Waals surface area (Å²) in [6.07, 6.45) is -0.331. The number of para-hydroxylation sites is 1. The molecule has 1 fully saturated rings. The standard InChI is InChI=1S/C19H19NO5S/c1-24-16-5-3-2-4-14(16)15(21)11-25-13-8-6-12(7-9-13)10-17-18(22)20-19(23)26-17/h2-9,15,17,21H,10-11H2,1H3,(H,20,22,23). The Bertz CT molecular complexity index is 793. The molecule has 136 valence electrons. The van der Waals surface area contributed by atoms with E-state index in [0.29, 0.717) is 23.5 Å². The first kappa shape index (κ1) is 18.3. The number of imide groups is 1. The molecule has 1 aliphatic rings. The first-order chi connectivity index (χ1) is 12.6. The van der Waals surface area contributed by atoms with Crippen molar-refractivity contribution >= 4 is 22.9 Å². The fraction of sp³-hybridized carbons (Fsp3) is 0.263. The van der Waals surface area contributed by atoms with E-state index < -0.39 is 6.10 Å². The van der Waals surface area contributed by atoms with E-state index in [4.69, 9.17) is 9.47 Å². The maximum absolute atomic E-state index is 11.6. The number of carbonyl (C=O) groups excluding carboxylic acids is 2. The van der Waals surface area contributed by atoms with E-state index in [1.807, 2.05) is 24.3 Å². The van der Waals surface area contributed by atoms with Crippen LogP contribution in [-0.2, 0) is 11.2 Å². The predicted molar refractivity (Wildman–Crippen MR) is 98.5 cm³/mol. The van der Waals surface area contributed by atoms with E-state index in [-0.39, 0.29) is 23.0 Å². The van der Waals surface area contributed by atoms with Gasteiger partial charge in [0.15, 0.2) is 0 Å². The molecule has 2 aromatic carbocycles. The summed E-state index contributed by atoms with van der Waals surface area (Å²) in [5.41, 5.74) is 1.60. The second-order valence-corrected chi connectivity index (χ2v) is 6.98. The van der Waals surface area contributed by atoms with Crippen molar-refractivity contribution in [2.45, 2.75) is 17.8 Å². The minimum absolute atomic E-state index is 0.0924. The van der Waals surface area contributed by atoms with E-state index in [1.165, 1.54) is 0 Å². The van der Waals surface area contributed by atoms with Crippen molar-refractivity contribution in [3.05, 3.63) is 59.7 Å². The van der Waals surface area contributed by atoms with Crippen LogP contribution in [0.3, 0.4) is 0 Å². The van der Waals surface area contributed by atoms with Gasteiger partial charge in [-0.15, -0.1) is 0 Å². The quantitative estimate of drug-likeness (QED) is 0.776. The van der Waals surface area contributed by atoms with Gasteiger partial charge in [-0.3, -0.25) is 14.9 Å². The van der Waals surface area contributed by atoms with Crippen LogP contribution in [0.4, 0.5) is 4.79 Å². The number of hydrogen-bond acceptors (Lipinski definition) is 6. The highest BCUT2D eigenvalue weighted by molar-refractivity contribution is 8.15. The molecule has 2 amide bonds. The minimum atomic E-state index is -0.810. The average molecular weight is 373 g/mol. The highest BCUT2D eigenvalue weighted by Crippen LogP contribution is 2.26. The SMILES string of the molecule is COc1ccccc1C(O)COc1ccc(CC2SC(=O)NC2=O)cc1. The number of aliphatic hydroxyl groups is 1. The summed E-state index contributed by atoms with van der Waals surface area (Å²) in [6, 6.07) is 14.5. The molecule has 0 bridgehead atoms. The lowest BCUT2D eigenvalue weighted by atomic mass is 10.1. The molecule has 7 heteroatoms. The number of aliphatic hydroxyl groups excluding tert-OH is 1. The van der Waals surface area contributed by atoms with Gasteiger partial charge in [0.2, 0.25) is 5.91 Å². The Hall–Kier alpha value is -2.51. The van der Waals surface area contributed by atoms with Crippen LogP contribution in [0.15, 0.2) is 48.5 Å². The molecule has 26 heavy (non-hydrogen) atoms. The topological polar surface area (TPSA) is 84.9 Å². The molecule has 1 heterocycles. The summed E-state index contributed by atoms with van der Waals surface area (Å²) >= 11 is 1.01. The normalized spacial score (nSPS) is 17.7. The van der Waals surface area contributed by atoms with Gasteiger partial charge in [-0.05, 0) is 30.2 Å². The molecular weight excluding hydrogens is 354 g/mol. The third-order valence-electron chi connectivity index (χ3n) is 4.02. The van der Waals surface area contributed by atoms with E-state index in [0.717, 1.165) is 17.3 Å². The molecule has 0 saturated carbocycles. The van der Waals surface area contributed by atoms with Gasteiger partial charge in [0.1, 0.15) is 24.2 Å². The Morgan fingerprint density at radius 1 is 1.15 bits per heavy atom. The van der Waals surface area contributed by atoms with Crippen LogP contribution in [0.25, 0.3) is 0 Å². The van der Waals surface area contributed by atoms with Crippen molar-refractivity contribution in [1.29, 1.82) is 0 Å². The van der Waals surface area contributed by atoms with Crippen LogP contribution in [-0.4, -0.2) is 35.2 Å². The van der Waals surface area contributed by atoms with Crippen molar-refractivity contribution in [1.82, 2.24) is 5.32 Å². The van der Waals surface area contributed by atoms with Gasteiger partial charge >= 0.3 is 0 Å². The summed E-state index contributed by atoms with van der Waals surface area (Å²) in [6.45, 7) is 0.0924. The van der Waals surface area contributed by atoms with Crippen LogP contribution < -0.4 is 14.8 Å². The lowest BCUT2D eigenvalue weighted by Gasteiger charge is -2.15. The molecule has 0 spiro atoms. The molecule has 1 saturated heterocycles. The number of carbonyl (C=O) groups is 2. The van der Waals surface area contributed by atoms with E-state index in [9.17, 15) is 14.7 Å². The average Bonchev–Trinajstić information content (AvgIpc) is 2.97. The van der Waals surface area contributed by atoms with Crippen LogP contribution in [0.5, 0.6) is 11.5 Å². The number of amides is 2. The third kappa shape index (κ3) is 4.36. The largest absolute Gasteiger partial charge is 0.496 e. The molecule has 1 aliphatic heterocycles. The Morgan fingerprint density at radius 2 is 1.88 bits per heavy atom. The Balaban J connectivity index is 1.56. The molecule has 0 radical (unpaired) electrons. The third-order valence-corrected chi connectivity index (χ3v) is 5.00. The molecular formula is C19H19NO5S. The Kier molecular flexibility index (Phi) is 5.80. The fourth-order valence-electron chi connectivity index (χ4n) is 2.67. The second kappa shape index (κ2) is 8.25. The van der Waals surface area contributed by atoms with Gasteiger partial charge in [0.05, 0.1) is 12.4 Å². The highest BCUT2D eigenvalue weighted by Gasteiger charge is 2.31. The number of rotatable bonds is 7. The second-order valence-electron chi connectivity index (χ2n) is 5.80. The molecule has 3 rings (SSSR count). The zero-order chi connectivity index (χ0) is 18.5. The molecule has 2 unspecified atom stereocenters. The molecule has 2 atom stereocenters.